The van der Waals surface area contributed by atoms with Gasteiger partial charge in [0, 0.05) is 44.0 Å². The van der Waals surface area contributed by atoms with Gasteiger partial charge in [-0.3, -0.25) is 4.79 Å². The van der Waals surface area contributed by atoms with Crippen molar-refractivity contribution in [1.29, 1.82) is 0 Å². The summed E-state index contributed by atoms with van der Waals surface area (Å²) in [6.07, 6.45) is 0. The molecule has 0 atom stereocenters. The maximum atomic E-state index is 11.7. The minimum Gasteiger partial charge on any atom is -0.395 e. The molecule has 0 aliphatic carbocycles. The molecule has 0 spiro atoms. The van der Waals surface area contributed by atoms with Gasteiger partial charge in [0.05, 0.1) is 6.61 Å². The van der Waals surface area contributed by atoms with Crippen molar-refractivity contribution in [3.05, 3.63) is 29.8 Å². The summed E-state index contributed by atoms with van der Waals surface area (Å²) in [5, 5.41) is 11.3. The molecule has 2 N–H and O–H groups in total. The molecule has 110 valence electrons. The van der Waals surface area contributed by atoms with Crippen LogP contribution in [0.3, 0.4) is 0 Å². The molecule has 0 unspecified atom stereocenters. The Morgan fingerprint density at radius 1 is 1.20 bits per heavy atom. The van der Waals surface area contributed by atoms with E-state index in [2.05, 4.69) is 22.0 Å². The standard InChI is InChI=1S/C15H23N3O2/c1-2-17-8-10-18(11-9-17)14-5-3-13(4-6-14)15(20)16-7-12-19/h3-6,19H,2,7-12H2,1H3,(H,16,20). The van der Waals surface area contributed by atoms with Crippen LogP contribution in [0.15, 0.2) is 24.3 Å². The van der Waals surface area contributed by atoms with Gasteiger partial charge in [-0.05, 0) is 30.8 Å². The van der Waals surface area contributed by atoms with Crippen molar-refractivity contribution in [3.63, 3.8) is 0 Å². The Balaban J connectivity index is 1.93. The third-order valence-corrected chi connectivity index (χ3v) is 3.71. The highest BCUT2D eigenvalue weighted by Crippen LogP contribution is 2.17. The van der Waals surface area contributed by atoms with Crippen LogP contribution in [0.5, 0.6) is 0 Å². The predicted octanol–water partition coefficient (Wildman–Crippen LogP) is 0.551. The molecular formula is C15H23N3O2. The first-order chi connectivity index (χ1) is 9.74. The SMILES string of the molecule is CCN1CCN(c2ccc(C(=O)NCCO)cc2)CC1. The molecule has 0 saturated carbocycles. The molecule has 0 bridgehead atoms. The van der Waals surface area contributed by atoms with Gasteiger partial charge in [0.2, 0.25) is 0 Å². The molecular weight excluding hydrogens is 254 g/mol. The highest BCUT2D eigenvalue weighted by atomic mass is 16.3. The zero-order valence-corrected chi connectivity index (χ0v) is 12.0. The Kier molecular flexibility index (Phi) is 5.38. The number of piperazine rings is 1. The van der Waals surface area contributed by atoms with Gasteiger partial charge in [0.15, 0.2) is 0 Å². The number of hydrogen-bond acceptors (Lipinski definition) is 4. The number of nitrogens with zero attached hydrogens (tertiary/aromatic N) is 2. The maximum absolute atomic E-state index is 11.7. The number of anilines is 1. The number of rotatable bonds is 5. The molecule has 1 saturated heterocycles. The van der Waals surface area contributed by atoms with Crippen molar-refractivity contribution >= 4 is 11.6 Å². The van der Waals surface area contributed by atoms with Crippen LogP contribution in [-0.4, -0.2) is 61.8 Å². The van der Waals surface area contributed by atoms with E-state index in [0.717, 1.165) is 32.7 Å². The Bertz CT molecular complexity index is 425. The van der Waals surface area contributed by atoms with Gasteiger partial charge in [-0.25, -0.2) is 0 Å². The summed E-state index contributed by atoms with van der Waals surface area (Å²) in [5.74, 6) is -0.138. The number of aliphatic hydroxyl groups is 1. The fraction of sp³-hybridized carbons (Fsp3) is 0.533. The van der Waals surface area contributed by atoms with E-state index in [-0.39, 0.29) is 12.5 Å². The molecule has 1 aromatic rings. The second-order valence-electron chi connectivity index (χ2n) is 4.95. The number of carbonyl (C=O) groups is 1. The molecule has 5 nitrogen and oxygen atoms in total. The molecule has 1 aliphatic heterocycles. The van der Waals surface area contributed by atoms with Crippen molar-refractivity contribution < 1.29 is 9.90 Å². The molecule has 1 aliphatic rings. The van der Waals surface area contributed by atoms with Gasteiger partial charge < -0.3 is 20.2 Å². The number of hydrogen-bond donors (Lipinski definition) is 2. The fourth-order valence-corrected chi connectivity index (χ4v) is 2.42. The number of benzene rings is 1. The fourth-order valence-electron chi connectivity index (χ4n) is 2.42. The Morgan fingerprint density at radius 3 is 2.40 bits per heavy atom. The van der Waals surface area contributed by atoms with Crippen molar-refractivity contribution in [2.75, 3.05) is 50.8 Å². The van der Waals surface area contributed by atoms with Crippen LogP contribution in [0.4, 0.5) is 5.69 Å². The first kappa shape index (κ1) is 14.8. The summed E-state index contributed by atoms with van der Waals surface area (Å²) in [4.78, 5) is 16.5. The Labute approximate surface area is 120 Å². The lowest BCUT2D eigenvalue weighted by Crippen LogP contribution is -2.46. The quantitative estimate of drug-likeness (QED) is 0.825. The minimum absolute atomic E-state index is 0.0362. The predicted molar refractivity (Wildman–Crippen MR) is 80.2 cm³/mol. The zero-order chi connectivity index (χ0) is 14.4. The van der Waals surface area contributed by atoms with Crippen LogP contribution < -0.4 is 10.2 Å². The van der Waals surface area contributed by atoms with E-state index in [0.29, 0.717) is 12.1 Å². The summed E-state index contributed by atoms with van der Waals surface area (Å²) in [6.45, 7) is 7.80. The van der Waals surface area contributed by atoms with Gasteiger partial charge >= 0.3 is 0 Å². The Hall–Kier alpha value is -1.59. The molecule has 0 radical (unpaired) electrons. The van der Waals surface area contributed by atoms with Crippen LogP contribution >= 0.6 is 0 Å². The minimum atomic E-state index is -0.138. The first-order valence-corrected chi connectivity index (χ1v) is 7.21. The van der Waals surface area contributed by atoms with Crippen LogP contribution in [0, 0.1) is 0 Å². The monoisotopic (exact) mass is 277 g/mol. The van der Waals surface area contributed by atoms with E-state index in [9.17, 15) is 4.79 Å². The van der Waals surface area contributed by atoms with Crippen molar-refractivity contribution in [2.24, 2.45) is 0 Å². The van der Waals surface area contributed by atoms with Gasteiger partial charge in [-0.2, -0.15) is 0 Å². The largest absolute Gasteiger partial charge is 0.395 e. The van der Waals surface area contributed by atoms with Gasteiger partial charge in [-0.1, -0.05) is 6.92 Å². The molecule has 1 amide bonds. The lowest BCUT2D eigenvalue weighted by atomic mass is 10.1. The molecule has 2 rings (SSSR count). The first-order valence-electron chi connectivity index (χ1n) is 7.21. The van der Waals surface area contributed by atoms with E-state index in [4.69, 9.17) is 5.11 Å². The van der Waals surface area contributed by atoms with E-state index < -0.39 is 0 Å². The smallest absolute Gasteiger partial charge is 0.251 e. The van der Waals surface area contributed by atoms with Gasteiger partial charge in [0.25, 0.3) is 5.91 Å². The van der Waals surface area contributed by atoms with E-state index >= 15 is 0 Å². The molecule has 1 fully saturated rings. The third kappa shape index (κ3) is 3.71. The highest BCUT2D eigenvalue weighted by Gasteiger charge is 2.16. The van der Waals surface area contributed by atoms with Crippen LogP contribution in [0.1, 0.15) is 17.3 Å². The lowest BCUT2D eigenvalue weighted by molar-refractivity contribution is 0.0945. The number of likely N-dealkylation sites (N-methyl/N-ethyl adjacent to an activating group) is 1. The average Bonchev–Trinajstić information content (AvgIpc) is 2.53. The van der Waals surface area contributed by atoms with E-state index in [1.54, 1.807) is 0 Å². The number of amides is 1. The summed E-state index contributed by atoms with van der Waals surface area (Å²) < 4.78 is 0. The Morgan fingerprint density at radius 2 is 1.85 bits per heavy atom. The van der Waals surface area contributed by atoms with Gasteiger partial charge in [-0.15, -0.1) is 0 Å². The highest BCUT2D eigenvalue weighted by molar-refractivity contribution is 5.94. The zero-order valence-electron chi connectivity index (χ0n) is 12.0. The summed E-state index contributed by atoms with van der Waals surface area (Å²) >= 11 is 0. The number of carbonyl (C=O) groups excluding carboxylic acids is 1. The molecule has 20 heavy (non-hydrogen) atoms. The van der Waals surface area contributed by atoms with Crippen LogP contribution in [0.2, 0.25) is 0 Å². The van der Waals surface area contributed by atoms with Gasteiger partial charge in [0.1, 0.15) is 0 Å². The molecule has 1 aromatic carbocycles. The average molecular weight is 277 g/mol. The van der Waals surface area contributed by atoms with E-state index in [1.165, 1.54) is 5.69 Å². The molecule has 0 aromatic heterocycles. The maximum Gasteiger partial charge on any atom is 0.251 e. The normalized spacial score (nSPS) is 16.2. The summed E-state index contributed by atoms with van der Waals surface area (Å²) in [6, 6.07) is 7.67. The summed E-state index contributed by atoms with van der Waals surface area (Å²) in [5.41, 5.74) is 1.80. The van der Waals surface area contributed by atoms with Crippen LogP contribution in [-0.2, 0) is 0 Å². The third-order valence-electron chi connectivity index (χ3n) is 3.71. The van der Waals surface area contributed by atoms with Crippen molar-refractivity contribution in [3.8, 4) is 0 Å². The molecule has 5 heteroatoms. The topological polar surface area (TPSA) is 55.8 Å². The second-order valence-corrected chi connectivity index (χ2v) is 4.95. The van der Waals surface area contributed by atoms with E-state index in [1.807, 2.05) is 24.3 Å². The second kappa shape index (κ2) is 7.26. The number of aliphatic hydroxyl groups excluding tert-OH is 1. The van der Waals surface area contributed by atoms with Crippen molar-refractivity contribution in [2.45, 2.75) is 6.92 Å². The van der Waals surface area contributed by atoms with Crippen LogP contribution in [0.25, 0.3) is 0 Å². The lowest BCUT2D eigenvalue weighted by Gasteiger charge is -2.35. The molecule has 1 heterocycles. The summed E-state index contributed by atoms with van der Waals surface area (Å²) in [7, 11) is 0. The number of nitrogens with one attached hydrogen (secondary N) is 1. The van der Waals surface area contributed by atoms with Crippen molar-refractivity contribution in [1.82, 2.24) is 10.2 Å².